The summed E-state index contributed by atoms with van der Waals surface area (Å²) >= 11 is 0. The van der Waals surface area contributed by atoms with E-state index in [4.69, 9.17) is 0 Å². The second kappa shape index (κ2) is 5.68. The van der Waals surface area contributed by atoms with Gasteiger partial charge in [0, 0.05) is 18.3 Å². The van der Waals surface area contributed by atoms with Crippen LogP contribution in [0.4, 0.5) is 11.8 Å². The summed E-state index contributed by atoms with van der Waals surface area (Å²) < 4.78 is 0. The van der Waals surface area contributed by atoms with Gasteiger partial charge in [0.15, 0.2) is 0 Å². The summed E-state index contributed by atoms with van der Waals surface area (Å²) in [6.07, 6.45) is 4.05. The summed E-state index contributed by atoms with van der Waals surface area (Å²) in [6, 6.07) is 1.90. The van der Waals surface area contributed by atoms with Gasteiger partial charge in [-0.3, -0.25) is 0 Å². The lowest BCUT2D eigenvalue weighted by atomic mass is 9.99. The molecular weight excluding hydrogens is 200 g/mol. The molecule has 0 bridgehead atoms. The summed E-state index contributed by atoms with van der Waals surface area (Å²) in [6.45, 7) is 9.43. The number of anilines is 2. The van der Waals surface area contributed by atoms with Crippen molar-refractivity contribution in [3.8, 4) is 0 Å². The van der Waals surface area contributed by atoms with Crippen LogP contribution in [0.5, 0.6) is 0 Å². The quantitative estimate of drug-likeness (QED) is 0.777. The molecule has 0 aliphatic carbocycles. The van der Waals surface area contributed by atoms with Crippen LogP contribution in [-0.4, -0.2) is 22.1 Å². The monoisotopic (exact) mass is 222 g/mol. The lowest BCUT2D eigenvalue weighted by molar-refractivity contribution is 0.509. The SMILES string of the molecule is CCCC(C)(C)Nc1ccnc(NCC)n1. The highest BCUT2D eigenvalue weighted by Crippen LogP contribution is 2.18. The highest BCUT2D eigenvalue weighted by atomic mass is 15.1. The maximum Gasteiger partial charge on any atom is 0.224 e. The Labute approximate surface area is 97.9 Å². The number of nitrogens with one attached hydrogen (secondary N) is 2. The zero-order chi connectivity index (χ0) is 12.0. The Kier molecular flexibility index (Phi) is 4.52. The fourth-order valence-electron chi connectivity index (χ4n) is 1.71. The number of aromatic nitrogens is 2. The molecule has 0 saturated heterocycles. The molecule has 90 valence electrons. The molecule has 2 N–H and O–H groups in total. The maximum absolute atomic E-state index is 4.40. The van der Waals surface area contributed by atoms with Crippen molar-refractivity contribution in [2.45, 2.75) is 46.1 Å². The second-order valence-corrected chi connectivity index (χ2v) is 4.55. The highest BCUT2D eigenvalue weighted by Gasteiger charge is 2.16. The van der Waals surface area contributed by atoms with Crippen molar-refractivity contribution in [2.75, 3.05) is 17.2 Å². The van der Waals surface area contributed by atoms with Crippen LogP contribution in [0.1, 0.15) is 40.5 Å². The minimum absolute atomic E-state index is 0.0760. The van der Waals surface area contributed by atoms with Crippen molar-refractivity contribution in [3.05, 3.63) is 12.3 Å². The van der Waals surface area contributed by atoms with Gasteiger partial charge >= 0.3 is 0 Å². The fourth-order valence-corrected chi connectivity index (χ4v) is 1.71. The molecule has 0 aliphatic heterocycles. The molecule has 1 aromatic heterocycles. The molecule has 4 nitrogen and oxygen atoms in total. The van der Waals surface area contributed by atoms with Crippen LogP contribution in [0, 0.1) is 0 Å². The van der Waals surface area contributed by atoms with Crippen LogP contribution in [0.3, 0.4) is 0 Å². The Morgan fingerprint density at radius 2 is 2.06 bits per heavy atom. The Balaban J connectivity index is 2.69. The van der Waals surface area contributed by atoms with Crippen LogP contribution < -0.4 is 10.6 Å². The first-order valence-electron chi connectivity index (χ1n) is 5.92. The average molecular weight is 222 g/mol. The third-order valence-electron chi connectivity index (χ3n) is 2.33. The van der Waals surface area contributed by atoms with Gasteiger partial charge in [-0.1, -0.05) is 13.3 Å². The molecule has 1 aromatic rings. The van der Waals surface area contributed by atoms with Gasteiger partial charge in [0.1, 0.15) is 5.82 Å². The second-order valence-electron chi connectivity index (χ2n) is 4.55. The van der Waals surface area contributed by atoms with Gasteiger partial charge in [0.05, 0.1) is 0 Å². The summed E-state index contributed by atoms with van der Waals surface area (Å²) in [5.41, 5.74) is 0.0760. The molecule has 0 aliphatic rings. The van der Waals surface area contributed by atoms with E-state index in [1.54, 1.807) is 6.20 Å². The summed E-state index contributed by atoms with van der Waals surface area (Å²) in [7, 11) is 0. The van der Waals surface area contributed by atoms with Gasteiger partial charge < -0.3 is 10.6 Å². The van der Waals surface area contributed by atoms with E-state index in [2.05, 4.69) is 41.4 Å². The average Bonchev–Trinajstić information content (AvgIpc) is 2.17. The van der Waals surface area contributed by atoms with Crippen molar-refractivity contribution < 1.29 is 0 Å². The fraction of sp³-hybridized carbons (Fsp3) is 0.667. The first-order chi connectivity index (χ1) is 7.57. The number of hydrogen-bond acceptors (Lipinski definition) is 4. The van der Waals surface area contributed by atoms with Crippen molar-refractivity contribution in [1.82, 2.24) is 9.97 Å². The van der Waals surface area contributed by atoms with Crippen LogP contribution >= 0.6 is 0 Å². The molecule has 0 amide bonds. The van der Waals surface area contributed by atoms with Gasteiger partial charge in [-0.25, -0.2) is 4.98 Å². The summed E-state index contributed by atoms with van der Waals surface area (Å²) in [5, 5.41) is 6.53. The predicted molar refractivity (Wildman–Crippen MR) is 68.8 cm³/mol. The molecule has 0 aromatic carbocycles. The van der Waals surface area contributed by atoms with Crippen LogP contribution in [0.2, 0.25) is 0 Å². The number of hydrogen-bond donors (Lipinski definition) is 2. The molecule has 0 saturated carbocycles. The molecule has 0 fully saturated rings. The van der Waals surface area contributed by atoms with E-state index in [0.717, 1.165) is 25.2 Å². The first-order valence-corrected chi connectivity index (χ1v) is 5.92. The van der Waals surface area contributed by atoms with Crippen molar-refractivity contribution in [1.29, 1.82) is 0 Å². The first kappa shape index (κ1) is 12.7. The molecular formula is C12H22N4. The molecule has 0 atom stereocenters. The van der Waals surface area contributed by atoms with Gasteiger partial charge in [-0.15, -0.1) is 0 Å². The molecule has 16 heavy (non-hydrogen) atoms. The largest absolute Gasteiger partial charge is 0.365 e. The predicted octanol–water partition coefficient (Wildman–Crippen LogP) is 2.90. The molecule has 0 radical (unpaired) electrons. The standard InChI is InChI=1S/C12H22N4/c1-5-8-12(3,4)16-10-7-9-14-11(15-10)13-6-2/h7,9H,5-6,8H2,1-4H3,(H2,13,14,15,16). The van der Waals surface area contributed by atoms with Gasteiger partial charge in [0.25, 0.3) is 0 Å². The normalized spacial score (nSPS) is 11.2. The topological polar surface area (TPSA) is 49.8 Å². The zero-order valence-corrected chi connectivity index (χ0v) is 10.7. The van der Waals surface area contributed by atoms with E-state index >= 15 is 0 Å². The molecule has 4 heteroatoms. The van der Waals surface area contributed by atoms with E-state index in [0.29, 0.717) is 5.95 Å². The highest BCUT2D eigenvalue weighted by molar-refractivity contribution is 5.41. The van der Waals surface area contributed by atoms with E-state index in [1.165, 1.54) is 0 Å². The maximum atomic E-state index is 4.40. The van der Waals surface area contributed by atoms with Crippen molar-refractivity contribution in [2.24, 2.45) is 0 Å². The number of rotatable bonds is 6. The third kappa shape index (κ3) is 4.04. The molecule has 0 unspecified atom stereocenters. The Morgan fingerprint density at radius 3 is 2.69 bits per heavy atom. The Hall–Kier alpha value is -1.32. The summed E-state index contributed by atoms with van der Waals surface area (Å²) in [5.74, 6) is 1.56. The van der Waals surface area contributed by atoms with E-state index in [9.17, 15) is 0 Å². The lowest BCUT2D eigenvalue weighted by Gasteiger charge is -2.26. The Bertz CT molecular complexity index is 323. The van der Waals surface area contributed by atoms with Crippen LogP contribution in [-0.2, 0) is 0 Å². The number of nitrogens with zero attached hydrogens (tertiary/aromatic N) is 2. The van der Waals surface area contributed by atoms with Crippen LogP contribution in [0.25, 0.3) is 0 Å². The summed E-state index contributed by atoms with van der Waals surface area (Å²) in [4.78, 5) is 8.54. The van der Waals surface area contributed by atoms with Gasteiger partial charge in [-0.2, -0.15) is 4.98 Å². The molecule has 1 heterocycles. The minimum atomic E-state index is 0.0760. The Morgan fingerprint density at radius 1 is 1.31 bits per heavy atom. The minimum Gasteiger partial charge on any atom is -0.365 e. The van der Waals surface area contributed by atoms with Crippen LogP contribution in [0.15, 0.2) is 12.3 Å². The third-order valence-corrected chi connectivity index (χ3v) is 2.33. The zero-order valence-electron chi connectivity index (χ0n) is 10.7. The van der Waals surface area contributed by atoms with Crippen molar-refractivity contribution >= 4 is 11.8 Å². The van der Waals surface area contributed by atoms with Gasteiger partial charge in [0.2, 0.25) is 5.95 Å². The van der Waals surface area contributed by atoms with E-state index < -0.39 is 0 Å². The molecule has 0 spiro atoms. The van der Waals surface area contributed by atoms with E-state index in [1.807, 2.05) is 13.0 Å². The van der Waals surface area contributed by atoms with Crippen molar-refractivity contribution in [3.63, 3.8) is 0 Å². The molecule has 1 rings (SSSR count). The lowest BCUT2D eigenvalue weighted by Crippen LogP contribution is -2.31. The van der Waals surface area contributed by atoms with Gasteiger partial charge in [-0.05, 0) is 33.3 Å². The smallest absolute Gasteiger partial charge is 0.224 e. The van der Waals surface area contributed by atoms with E-state index in [-0.39, 0.29) is 5.54 Å².